The van der Waals surface area contributed by atoms with Crippen LogP contribution in [0.1, 0.15) is 24.4 Å². The summed E-state index contributed by atoms with van der Waals surface area (Å²) in [5.74, 6) is 0.886. The molecule has 0 saturated carbocycles. The number of halogens is 1. The van der Waals surface area contributed by atoms with Crippen molar-refractivity contribution in [3.05, 3.63) is 28.8 Å². The van der Waals surface area contributed by atoms with Gasteiger partial charge in [-0.05, 0) is 31.5 Å². The second-order valence-corrected chi connectivity index (χ2v) is 3.97. The van der Waals surface area contributed by atoms with E-state index in [0.717, 1.165) is 17.3 Å². The van der Waals surface area contributed by atoms with E-state index in [1.807, 2.05) is 18.2 Å². The van der Waals surface area contributed by atoms with E-state index in [4.69, 9.17) is 16.3 Å². The summed E-state index contributed by atoms with van der Waals surface area (Å²) in [6.45, 7) is 1.09. The van der Waals surface area contributed by atoms with Crippen molar-refractivity contribution >= 4 is 11.6 Å². The van der Waals surface area contributed by atoms with Crippen molar-refractivity contribution in [2.24, 2.45) is 0 Å². The summed E-state index contributed by atoms with van der Waals surface area (Å²) in [6, 6.07) is 6.27. The van der Waals surface area contributed by atoms with Gasteiger partial charge in [0.15, 0.2) is 0 Å². The van der Waals surface area contributed by atoms with Gasteiger partial charge < -0.3 is 10.1 Å². The molecule has 0 amide bonds. The predicted octanol–water partition coefficient (Wildman–Crippen LogP) is 2.77. The van der Waals surface area contributed by atoms with Gasteiger partial charge in [-0.3, -0.25) is 0 Å². The van der Waals surface area contributed by atoms with Crippen LogP contribution in [0.25, 0.3) is 0 Å². The summed E-state index contributed by atoms with van der Waals surface area (Å²) in [5, 5.41) is 4.17. The average molecular weight is 212 g/mol. The van der Waals surface area contributed by atoms with Gasteiger partial charge >= 0.3 is 0 Å². The number of hydrogen-bond donors (Lipinski definition) is 1. The van der Waals surface area contributed by atoms with Crippen LogP contribution in [0.4, 0.5) is 0 Å². The highest BCUT2D eigenvalue weighted by Gasteiger charge is 2.19. The fraction of sp³-hybridized carbons (Fsp3) is 0.455. The maximum absolute atomic E-state index is 5.90. The Hall–Kier alpha value is -0.730. The van der Waals surface area contributed by atoms with E-state index in [1.165, 1.54) is 18.4 Å². The van der Waals surface area contributed by atoms with Crippen LogP contribution < -0.4 is 10.1 Å². The quantitative estimate of drug-likeness (QED) is 0.813. The van der Waals surface area contributed by atoms with Gasteiger partial charge in [0, 0.05) is 16.6 Å². The van der Waals surface area contributed by atoms with E-state index in [9.17, 15) is 0 Å². The molecule has 1 saturated heterocycles. The highest BCUT2D eigenvalue weighted by atomic mass is 35.5. The van der Waals surface area contributed by atoms with E-state index < -0.39 is 0 Å². The summed E-state index contributed by atoms with van der Waals surface area (Å²) >= 11 is 5.90. The second kappa shape index (κ2) is 4.20. The van der Waals surface area contributed by atoms with Crippen LogP contribution in [0, 0.1) is 0 Å². The summed E-state index contributed by atoms with van der Waals surface area (Å²) < 4.78 is 5.31. The van der Waals surface area contributed by atoms with Crippen molar-refractivity contribution in [2.45, 2.75) is 18.9 Å². The molecule has 1 unspecified atom stereocenters. The third-order valence-corrected chi connectivity index (χ3v) is 2.87. The Bertz CT molecular complexity index is 321. The lowest BCUT2D eigenvalue weighted by atomic mass is 10.0. The Morgan fingerprint density at radius 3 is 3.00 bits per heavy atom. The largest absolute Gasteiger partial charge is 0.496 e. The fourth-order valence-electron chi connectivity index (χ4n) is 1.92. The minimum atomic E-state index is 0.433. The summed E-state index contributed by atoms with van der Waals surface area (Å²) in [5.41, 5.74) is 1.22. The standard InChI is InChI=1S/C11H14ClNO/c1-14-11-7-8(12)4-5-9(11)10-3-2-6-13-10/h4-5,7,10,13H,2-3,6H2,1H3. The maximum atomic E-state index is 5.90. The number of ether oxygens (including phenoxy) is 1. The van der Waals surface area contributed by atoms with Gasteiger partial charge in [-0.15, -0.1) is 0 Å². The summed E-state index contributed by atoms with van der Waals surface area (Å²) in [6.07, 6.45) is 2.41. The van der Waals surface area contributed by atoms with Crippen LogP contribution in [0.3, 0.4) is 0 Å². The van der Waals surface area contributed by atoms with Crippen molar-refractivity contribution in [3.8, 4) is 5.75 Å². The monoisotopic (exact) mass is 211 g/mol. The van der Waals surface area contributed by atoms with Crippen LogP contribution in [0.2, 0.25) is 5.02 Å². The zero-order valence-electron chi connectivity index (χ0n) is 8.22. The Labute approximate surface area is 89.2 Å². The highest BCUT2D eigenvalue weighted by Crippen LogP contribution is 2.32. The molecule has 0 aromatic heterocycles. The van der Waals surface area contributed by atoms with Crippen molar-refractivity contribution in [3.63, 3.8) is 0 Å². The third-order valence-electron chi connectivity index (χ3n) is 2.63. The molecule has 0 aliphatic carbocycles. The van der Waals surface area contributed by atoms with Crippen LogP contribution >= 0.6 is 11.6 Å². The van der Waals surface area contributed by atoms with Gasteiger partial charge in [0.05, 0.1) is 7.11 Å². The first kappa shape index (κ1) is 9.81. The number of benzene rings is 1. The minimum absolute atomic E-state index is 0.433. The maximum Gasteiger partial charge on any atom is 0.125 e. The van der Waals surface area contributed by atoms with Crippen molar-refractivity contribution in [1.82, 2.24) is 5.32 Å². The minimum Gasteiger partial charge on any atom is -0.496 e. The van der Waals surface area contributed by atoms with E-state index in [-0.39, 0.29) is 0 Å². The molecule has 1 fully saturated rings. The molecule has 14 heavy (non-hydrogen) atoms. The van der Waals surface area contributed by atoms with Crippen molar-refractivity contribution in [2.75, 3.05) is 13.7 Å². The fourth-order valence-corrected chi connectivity index (χ4v) is 2.08. The average Bonchev–Trinajstić information content (AvgIpc) is 2.70. The molecule has 1 N–H and O–H groups in total. The van der Waals surface area contributed by atoms with Crippen LogP contribution in [-0.4, -0.2) is 13.7 Å². The number of nitrogens with one attached hydrogen (secondary N) is 1. The molecule has 1 aliphatic heterocycles. The first-order valence-corrected chi connectivity index (χ1v) is 5.26. The van der Waals surface area contributed by atoms with E-state index >= 15 is 0 Å². The van der Waals surface area contributed by atoms with Gasteiger partial charge in [-0.25, -0.2) is 0 Å². The molecule has 0 radical (unpaired) electrons. The van der Waals surface area contributed by atoms with Crippen LogP contribution in [0.5, 0.6) is 5.75 Å². The Balaban J connectivity index is 2.31. The molecule has 3 heteroatoms. The smallest absolute Gasteiger partial charge is 0.125 e. The molecular formula is C11H14ClNO. The zero-order valence-corrected chi connectivity index (χ0v) is 8.97. The zero-order chi connectivity index (χ0) is 9.97. The van der Waals surface area contributed by atoms with Gasteiger partial charge in [0.2, 0.25) is 0 Å². The van der Waals surface area contributed by atoms with Crippen LogP contribution in [0.15, 0.2) is 18.2 Å². The Morgan fingerprint density at radius 2 is 2.36 bits per heavy atom. The lowest BCUT2D eigenvalue weighted by Crippen LogP contribution is -2.13. The SMILES string of the molecule is COc1cc(Cl)ccc1C1CCCN1. The molecule has 1 atom stereocenters. The molecule has 0 spiro atoms. The summed E-state index contributed by atoms with van der Waals surface area (Å²) in [4.78, 5) is 0. The van der Waals surface area contributed by atoms with Gasteiger partial charge in [0.25, 0.3) is 0 Å². The lowest BCUT2D eigenvalue weighted by molar-refractivity contribution is 0.403. The summed E-state index contributed by atoms with van der Waals surface area (Å²) in [7, 11) is 1.68. The number of hydrogen-bond acceptors (Lipinski definition) is 2. The molecule has 1 heterocycles. The first-order chi connectivity index (χ1) is 6.81. The molecule has 76 valence electrons. The number of rotatable bonds is 2. The molecule has 1 aromatic rings. The molecule has 2 rings (SSSR count). The van der Waals surface area contributed by atoms with E-state index in [0.29, 0.717) is 6.04 Å². The second-order valence-electron chi connectivity index (χ2n) is 3.54. The molecule has 1 aromatic carbocycles. The highest BCUT2D eigenvalue weighted by molar-refractivity contribution is 6.30. The molecule has 0 bridgehead atoms. The first-order valence-electron chi connectivity index (χ1n) is 4.88. The van der Waals surface area contributed by atoms with Gasteiger partial charge in [-0.1, -0.05) is 17.7 Å². The van der Waals surface area contributed by atoms with E-state index in [1.54, 1.807) is 7.11 Å². The van der Waals surface area contributed by atoms with Crippen molar-refractivity contribution < 1.29 is 4.74 Å². The molecule has 1 aliphatic rings. The van der Waals surface area contributed by atoms with Crippen LogP contribution in [-0.2, 0) is 0 Å². The lowest BCUT2D eigenvalue weighted by Gasteiger charge is -2.14. The topological polar surface area (TPSA) is 21.3 Å². The molecular weight excluding hydrogens is 198 g/mol. The van der Waals surface area contributed by atoms with E-state index in [2.05, 4.69) is 5.32 Å². The predicted molar refractivity (Wildman–Crippen MR) is 58.0 cm³/mol. The third kappa shape index (κ3) is 1.86. The van der Waals surface area contributed by atoms with Gasteiger partial charge in [0.1, 0.15) is 5.75 Å². The molecule has 2 nitrogen and oxygen atoms in total. The Morgan fingerprint density at radius 1 is 1.50 bits per heavy atom. The number of methoxy groups -OCH3 is 1. The Kier molecular flexibility index (Phi) is 2.94. The van der Waals surface area contributed by atoms with Crippen molar-refractivity contribution in [1.29, 1.82) is 0 Å². The van der Waals surface area contributed by atoms with Gasteiger partial charge in [-0.2, -0.15) is 0 Å². The normalized spacial score (nSPS) is 21.1.